The highest BCUT2D eigenvalue weighted by Crippen LogP contribution is 2.47. The average molecular weight is 230 g/mol. The molecule has 0 bridgehead atoms. The van der Waals surface area contributed by atoms with E-state index in [0.29, 0.717) is 0 Å². The molecule has 1 spiro atoms. The maximum Gasteiger partial charge on any atom is 0.0945 e. The van der Waals surface area contributed by atoms with Gasteiger partial charge in [0.1, 0.15) is 0 Å². The summed E-state index contributed by atoms with van der Waals surface area (Å²) in [5, 5.41) is 0. The third-order valence-corrected chi connectivity index (χ3v) is 4.00. The zero-order chi connectivity index (χ0) is 11.7. The second kappa shape index (κ2) is 4.19. The molecular weight excluding hydrogens is 212 g/mol. The van der Waals surface area contributed by atoms with E-state index in [0.717, 1.165) is 32.3 Å². The molecule has 1 aromatic carbocycles. The molecule has 0 amide bonds. The van der Waals surface area contributed by atoms with Crippen LogP contribution in [0.15, 0.2) is 36.1 Å². The van der Waals surface area contributed by atoms with Gasteiger partial charge in [-0.1, -0.05) is 24.3 Å². The van der Waals surface area contributed by atoms with Crippen LogP contribution in [0.5, 0.6) is 0 Å². The summed E-state index contributed by atoms with van der Waals surface area (Å²) in [6.07, 6.45) is 6.23. The summed E-state index contributed by atoms with van der Waals surface area (Å²) in [5.41, 5.74) is 4.18. The Hall–Kier alpha value is -1.28. The first-order chi connectivity index (χ1) is 8.34. The first-order valence-electron chi connectivity index (χ1n) is 6.27. The van der Waals surface area contributed by atoms with Crippen molar-refractivity contribution in [3.8, 4) is 0 Å². The topological polar surface area (TPSA) is 18.5 Å². The molecule has 2 aliphatic rings. The fraction of sp³-hybridized carbons (Fsp3) is 0.467. The number of methoxy groups -OCH3 is 1. The van der Waals surface area contributed by atoms with E-state index in [1.165, 1.54) is 16.7 Å². The molecule has 0 radical (unpaired) electrons. The third-order valence-electron chi connectivity index (χ3n) is 4.00. The lowest BCUT2D eigenvalue weighted by molar-refractivity contribution is -0.0574. The fourth-order valence-corrected chi connectivity index (χ4v) is 3.06. The molecule has 3 rings (SSSR count). The highest BCUT2D eigenvalue weighted by atomic mass is 16.5. The molecule has 17 heavy (non-hydrogen) atoms. The van der Waals surface area contributed by atoms with Gasteiger partial charge in [-0.15, -0.1) is 0 Å². The van der Waals surface area contributed by atoms with Crippen LogP contribution in [0.2, 0.25) is 0 Å². The molecule has 1 saturated carbocycles. The summed E-state index contributed by atoms with van der Waals surface area (Å²) in [6, 6.07) is 8.63. The zero-order valence-electron chi connectivity index (χ0n) is 10.2. The molecule has 90 valence electrons. The molecule has 2 heteroatoms. The summed E-state index contributed by atoms with van der Waals surface area (Å²) < 4.78 is 11.2. The molecule has 0 saturated heterocycles. The number of ether oxygens (including phenoxy) is 2. The average Bonchev–Trinajstić information content (AvgIpc) is 2.73. The summed E-state index contributed by atoms with van der Waals surface area (Å²) in [4.78, 5) is 0. The highest BCUT2D eigenvalue weighted by molar-refractivity contribution is 5.36. The van der Waals surface area contributed by atoms with Crippen molar-refractivity contribution in [1.82, 2.24) is 0 Å². The molecule has 0 atom stereocenters. The Bertz CT molecular complexity index is 438. The van der Waals surface area contributed by atoms with Crippen molar-refractivity contribution in [2.75, 3.05) is 7.11 Å². The van der Waals surface area contributed by atoms with Gasteiger partial charge in [0.15, 0.2) is 0 Å². The van der Waals surface area contributed by atoms with Gasteiger partial charge in [0, 0.05) is 0 Å². The van der Waals surface area contributed by atoms with Crippen molar-refractivity contribution >= 4 is 0 Å². The van der Waals surface area contributed by atoms with Crippen LogP contribution in [0, 0.1) is 0 Å². The second-order valence-electron chi connectivity index (χ2n) is 4.95. The molecule has 1 heterocycles. The van der Waals surface area contributed by atoms with Crippen molar-refractivity contribution in [3.05, 3.63) is 47.2 Å². The normalized spacial score (nSPS) is 27.0. The Balaban J connectivity index is 1.85. The molecule has 0 aromatic heterocycles. The van der Waals surface area contributed by atoms with Crippen molar-refractivity contribution in [3.63, 3.8) is 0 Å². The predicted octanol–water partition coefficient (Wildman–Crippen LogP) is 3.52. The van der Waals surface area contributed by atoms with Crippen LogP contribution in [-0.2, 0) is 21.7 Å². The lowest BCUT2D eigenvalue weighted by atomic mass is 9.78. The summed E-state index contributed by atoms with van der Waals surface area (Å²) in [5.74, 6) is 0. The van der Waals surface area contributed by atoms with E-state index < -0.39 is 0 Å². The van der Waals surface area contributed by atoms with Gasteiger partial charge in [-0.25, -0.2) is 0 Å². The lowest BCUT2D eigenvalue weighted by Crippen LogP contribution is -2.28. The van der Waals surface area contributed by atoms with E-state index in [1.807, 2.05) is 6.26 Å². The number of benzene rings is 1. The molecule has 2 nitrogen and oxygen atoms in total. The highest BCUT2D eigenvalue weighted by Gasteiger charge is 2.41. The SMILES string of the molecule is COC=C1CCC2(CC1)OCc1ccccc12. The first kappa shape index (κ1) is 10.8. The molecule has 1 aliphatic carbocycles. The summed E-state index contributed by atoms with van der Waals surface area (Å²) >= 11 is 0. The largest absolute Gasteiger partial charge is 0.504 e. The maximum atomic E-state index is 6.11. The van der Waals surface area contributed by atoms with Crippen LogP contribution in [0.3, 0.4) is 0 Å². The van der Waals surface area contributed by atoms with E-state index >= 15 is 0 Å². The predicted molar refractivity (Wildman–Crippen MR) is 66.5 cm³/mol. The number of hydrogen-bond acceptors (Lipinski definition) is 2. The van der Waals surface area contributed by atoms with Gasteiger partial charge in [-0.05, 0) is 42.4 Å². The number of allylic oxidation sites excluding steroid dienone is 1. The summed E-state index contributed by atoms with van der Waals surface area (Å²) in [7, 11) is 1.72. The monoisotopic (exact) mass is 230 g/mol. The Morgan fingerprint density at radius 2 is 2.00 bits per heavy atom. The maximum absolute atomic E-state index is 6.11. The second-order valence-corrected chi connectivity index (χ2v) is 4.95. The minimum Gasteiger partial charge on any atom is -0.504 e. The number of rotatable bonds is 1. The van der Waals surface area contributed by atoms with Gasteiger partial charge in [0.05, 0.1) is 25.6 Å². The quantitative estimate of drug-likeness (QED) is 0.687. The molecule has 0 unspecified atom stereocenters. The van der Waals surface area contributed by atoms with Gasteiger partial charge in [0.25, 0.3) is 0 Å². The van der Waals surface area contributed by atoms with Gasteiger partial charge in [0.2, 0.25) is 0 Å². The standard InChI is InChI=1S/C15H18O2/c1-16-10-12-6-8-15(9-7-12)14-5-3-2-4-13(14)11-17-15/h2-5,10H,6-9,11H2,1H3. The van der Waals surface area contributed by atoms with E-state index in [1.54, 1.807) is 7.11 Å². The third kappa shape index (κ3) is 1.77. The van der Waals surface area contributed by atoms with E-state index in [4.69, 9.17) is 9.47 Å². The van der Waals surface area contributed by atoms with Gasteiger partial charge < -0.3 is 9.47 Å². The van der Waals surface area contributed by atoms with E-state index in [-0.39, 0.29) is 5.60 Å². The molecular formula is C15H18O2. The molecule has 1 aliphatic heterocycles. The van der Waals surface area contributed by atoms with Crippen LogP contribution in [0.25, 0.3) is 0 Å². The van der Waals surface area contributed by atoms with Crippen molar-refractivity contribution in [2.45, 2.75) is 37.9 Å². The number of hydrogen-bond donors (Lipinski definition) is 0. The Kier molecular flexibility index (Phi) is 2.67. The number of fused-ring (bicyclic) bond motifs is 2. The van der Waals surface area contributed by atoms with Crippen LogP contribution < -0.4 is 0 Å². The van der Waals surface area contributed by atoms with Crippen molar-refractivity contribution in [1.29, 1.82) is 0 Å². The molecule has 1 aromatic rings. The van der Waals surface area contributed by atoms with Crippen LogP contribution in [0.4, 0.5) is 0 Å². The smallest absolute Gasteiger partial charge is 0.0945 e. The van der Waals surface area contributed by atoms with Gasteiger partial charge in [-0.3, -0.25) is 0 Å². The van der Waals surface area contributed by atoms with E-state index in [9.17, 15) is 0 Å². The molecule has 1 fully saturated rings. The minimum absolute atomic E-state index is 0.0122. The van der Waals surface area contributed by atoms with E-state index in [2.05, 4.69) is 24.3 Å². The van der Waals surface area contributed by atoms with Crippen LogP contribution in [0.1, 0.15) is 36.8 Å². The lowest BCUT2D eigenvalue weighted by Gasteiger charge is -2.34. The minimum atomic E-state index is -0.0122. The summed E-state index contributed by atoms with van der Waals surface area (Å²) in [6.45, 7) is 0.777. The van der Waals surface area contributed by atoms with Crippen LogP contribution >= 0.6 is 0 Å². The Morgan fingerprint density at radius 3 is 2.76 bits per heavy atom. The Morgan fingerprint density at radius 1 is 1.24 bits per heavy atom. The van der Waals surface area contributed by atoms with Crippen molar-refractivity contribution < 1.29 is 9.47 Å². The molecule has 0 N–H and O–H groups in total. The van der Waals surface area contributed by atoms with Crippen molar-refractivity contribution in [2.24, 2.45) is 0 Å². The Labute approximate surface area is 102 Å². The van der Waals surface area contributed by atoms with Crippen LogP contribution in [-0.4, -0.2) is 7.11 Å². The van der Waals surface area contributed by atoms with Gasteiger partial charge >= 0.3 is 0 Å². The zero-order valence-corrected chi connectivity index (χ0v) is 10.2. The van der Waals surface area contributed by atoms with Gasteiger partial charge in [-0.2, -0.15) is 0 Å². The first-order valence-corrected chi connectivity index (χ1v) is 6.27. The fourth-order valence-electron chi connectivity index (χ4n) is 3.06.